The summed E-state index contributed by atoms with van der Waals surface area (Å²) < 4.78 is 1.70. The van der Waals surface area contributed by atoms with E-state index >= 15 is 0 Å². The molecule has 0 aliphatic rings. The summed E-state index contributed by atoms with van der Waals surface area (Å²) in [5.74, 6) is -0.0700. The molecule has 5 nitrogen and oxygen atoms in total. The van der Waals surface area contributed by atoms with Crippen molar-refractivity contribution in [1.82, 2.24) is 20.3 Å². The molecule has 0 unspecified atom stereocenters. The Hall–Kier alpha value is -2.21. The fourth-order valence-corrected chi connectivity index (χ4v) is 3.30. The zero-order chi connectivity index (χ0) is 15.5. The van der Waals surface area contributed by atoms with Crippen molar-refractivity contribution in [1.29, 1.82) is 0 Å². The lowest BCUT2D eigenvalue weighted by Gasteiger charge is -2.16. The van der Waals surface area contributed by atoms with E-state index in [0.29, 0.717) is 5.56 Å². The third kappa shape index (κ3) is 2.87. The molecule has 1 atom stereocenters. The molecule has 0 spiro atoms. The van der Waals surface area contributed by atoms with Crippen molar-refractivity contribution in [2.45, 2.75) is 25.8 Å². The summed E-state index contributed by atoms with van der Waals surface area (Å²) >= 11 is 1.67. The van der Waals surface area contributed by atoms with Crippen LogP contribution >= 0.6 is 11.3 Å². The van der Waals surface area contributed by atoms with Crippen LogP contribution in [0.1, 0.15) is 41.0 Å². The molecular weight excluding hydrogens is 296 g/mol. The average Bonchev–Trinajstić information content (AvgIpc) is 3.17. The molecule has 3 rings (SSSR count). The summed E-state index contributed by atoms with van der Waals surface area (Å²) in [6.45, 7) is 2.12. The van der Waals surface area contributed by atoms with Crippen molar-refractivity contribution in [2.24, 2.45) is 7.05 Å². The molecule has 1 aromatic carbocycles. The minimum atomic E-state index is -0.0700. The summed E-state index contributed by atoms with van der Waals surface area (Å²) in [6.07, 6.45) is 1.95. The standard InChI is InChI=1S/C16H18N4OS/c1-3-5-12(15-6-4-9-22-15)17-16(21)11-7-8-14-13(10-11)18-19-20(14)2/h4,6-10,12H,3,5H2,1-2H3,(H,17,21)/t12-/m0/s1. The molecule has 114 valence electrons. The van der Waals surface area contributed by atoms with Crippen LogP contribution in [0.4, 0.5) is 0 Å². The van der Waals surface area contributed by atoms with Gasteiger partial charge in [0.15, 0.2) is 0 Å². The van der Waals surface area contributed by atoms with Crippen molar-refractivity contribution >= 4 is 28.3 Å². The number of nitrogens with one attached hydrogen (secondary N) is 1. The number of benzene rings is 1. The first-order valence-electron chi connectivity index (χ1n) is 7.32. The first-order valence-corrected chi connectivity index (χ1v) is 8.20. The molecule has 0 saturated carbocycles. The highest BCUT2D eigenvalue weighted by molar-refractivity contribution is 7.10. The highest BCUT2D eigenvalue weighted by atomic mass is 32.1. The van der Waals surface area contributed by atoms with Crippen molar-refractivity contribution in [3.8, 4) is 0 Å². The molecule has 0 saturated heterocycles. The predicted molar refractivity (Wildman–Crippen MR) is 87.9 cm³/mol. The molecule has 0 bridgehead atoms. The largest absolute Gasteiger partial charge is 0.344 e. The summed E-state index contributed by atoms with van der Waals surface area (Å²) in [5, 5.41) is 13.2. The second-order valence-corrected chi connectivity index (χ2v) is 6.23. The Bertz CT molecular complexity index is 779. The van der Waals surface area contributed by atoms with Gasteiger partial charge in [-0.15, -0.1) is 16.4 Å². The molecule has 0 radical (unpaired) electrons. The van der Waals surface area contributed by atoms with Gasteiger partial charge in [-0.25, -0.2) is 4.68 Å². The highest BCUT2D eigenvalue weighted by Crippen LogP contribution is 2.24. The maximum Gasteiger partial charge on any atom is 0.251 e. The van der Waals surface area contributed by atoms with Gasteiger partial charge in [-0.05, 0) is 36.1 Å². The van der Waals surface area contributed by atoms with Crippen LogP contribution in [-0.2, 0) is 7.05 Å². The van der Waals surface area contributed by atoms with Crippen LogP contribution in [0.2, 0.25) is 0 Å². The monoisotopic (exact) mass is 314 g/mol. The molecule has 1 N–H and O–H groups in total. The normalized spacial score (nSPS) is 12.5. The topological polar surface area (TPSA) is 59.8 Å². The number of hydrogen-bond donors (Lipinski definition) is 1. The number of aromatic nitrogens is 3. The van der Waals surface area contributed by atoms with Crippen molar-refractivity contribution in [3.05, 3.63) is 46.2 Å². The fraction of sp³-hybridized carbons (Fsp3) is 0.312. The molecule has 22 heavy (non-hydrogen) atoms. The molecule has 0 aliphatic carbocycles. The number of thiophene rings is 1. The van der Waals surface area contributed by atoms with Crippen molar-refractivity contribution in [2.75, 3.05) is 0 Å². The Morgan fingerprint density at radius 3 is 3.00 bits per heavy atom. The van der Waals surface area contributed by atoms with E-state index in [2.05, 4.69) is 28.6 Å². The second kappa shape index (κ2) is 6.27. The van der Waals surface area contributed by atoms with E-state index in [1.54, 1.807) is 22.1 Å². The lowest BCUT2D eigenvalue weighted by Crippen LogP contribution is -2.27. The Kier molecular flexibility index (Phi) is 4.20. The SMILES string of the molecule is CCC[C@H](NC(=O)c1ccc2c(c1)nnn2C)c1cccs1. The van der Waals surface area contributed by atoms with Gasteiger partial charge in [0, 0.05) is 17.5 Å². The summed E-state index contributed by atoms with van der Waals surface area (Å²) in [7, 11) is 1.84. The van der Waals surface area contributed by atoms with E-state index in [-0.39, 0.29) is 11.9 Å². The molecule has 0 aliphatic heterocycles. The lowest BCUT2D eigenvalue weighted by atomic mass is 10.1. The number of hydrogen-bond acceptors (Lipinski definition) is 4. The van der Waals surface area contributed by atoms with E-state index in [9.17, 15) is 4.79 Å². The highest BCUT2D eigenvalue weighted by Gasteiger charge is 2.16. The predicted octanol–water partition coefficient (Wildman–Crippen LogP) is 3.30. The van der Waals surface area contributed by atoms with E-state index in [4.69, 9.17) is 0 Å². The molecule has 1 amide bonds. The van der Waals surface area contributed by atoms with Gasteiger partial charge < -0.3 is 5.32 Å². The number of nitrogens with zero attached hydrogens (tertiary/aromatic N) is 3. The molecule has 2 aromatic heterocycles. The zero-order valence-electron chi connectivity index (χ0n) is 12.6. The van der Waals surface area contributed by atoms with E-state index in [1.807, 2.05) is 30.6 Å². The Morgan fingerprint density at radius 2 is 2.27 bits per heavy atom. The van der Waals surface area contributed by atoms with Crippen LogP contribution in [0.3, 0.4) is 0 Å². The quantitative estimate of drug-likeness (QED) is 0.786. The van der Waals surface area contributed by atoms with Crippen molar-refractivity contribution in [3.63, 3.8) is 0 Å². The number of amides is 1. The third-order valence-electron chi connectivity index (χ3n) is 3.64. The minimum absolute atomic E-state index is 0.0649. The van der Waals surface area contributed by atoms with Gasteiger partial charge in [0.25, 0.3) is 5.91 Å². The lowest BCUT2D eigenvalue weighted by molar-refractivity contribution is 0.0935. The van der Waals surface area contributed by atoms with Gasteiger partial charge in [-0.3, -0.25) is 4.79 Å². The van der Waals surface area contributed by atoms with Gasteiger partial charge in [0.05, 0.1) is 11.6 Å². The van der Waals surface area contributed by atoms with Gasteiger partial charge >= 0.3 is 0 Å². The number of carbonyl (C=O) groups is 1. The third-order valence-corrected chi connectivity index (χ3v) is 4.63. The van der Waals surface area contributed by atoms with Gasteiger partial charge in [0.1, 0.15) is 5.52 Å². The first-order chi connectivity index (χ1) is 10.7. The maximum atomic E-state index is 12.5. The maximum absolute atomic E-state index is 12.5. The van der Waals surface area contributed by atoms with Gasteiger partial charge in [-0.1, -0.05) is 24.6 Å². The van der Waals surface area contributed by atoms with Crippen LogP contribution in [0, 0.1) is 0 Å². The molecule has 2 heterocycles. The van der Waals surface area contributed by atoms with Crippen LogP contribution in [0.5, 0.6) is 0 Å². The second-order valence-electron chi connectivity index (χ2n) is 5.25. The average molecular weight is 314 g/mol. The van der Waals surface area contributed by atoms with E-state index < -0.39 is 0 Å². The first kappa shape index (κ1) is 14.7. The molecule has 6 heteroatoms. The van der Waals surface area contributed by atoms with E-state index in [1.165, 1.54) is 4.88 Å². The van der Waals surface area contributed by atoms with Gasteiger partial charge in [0.2, 0.25) is 0 Å². The zero-order valence-corrected chi connectivity index (χ0v) is 13.4. The van der Waals surface area contributed by atoms with Crippen molar-refractivity contribution < 1.29 is 4.79 Å². The number of rotatable bonds is 5. The number of carbonyl (C=O) groups excluding carboxylic acids is 1. The summed E-state index contributed by atoms with van der Waals surface area (Å²) in [6, 6.07) is 9.63. The van der Waals surface area contributed by atoms with E-state index in [0.717, 1.165) is 23.9 Å². The van der Waals surface area contributed by atoms with Gasteiger partial charge in [-0.2, -0.15) is 0 Å². The molecule has 0 fully saturated rings. The Morgan fingerprint density at radius 1 is 1.41 bits per heavy atom. The van der Waals surface area contributed by atoms with Crippen LogP contribution in [-0.4, -0.2) is 20.9 Å². The number of fused-ring (bicyclic) bond motifs is 1. The minimum Gasteiger partial charge on any atom is -0.344 e. The fourth-order valence-electron chi connectivity index (χ4n) is 2.49. The smallest absolute Gasteiger partial charge is 0.251 e. The summed E-state index contributed by atoms with van der Waals surface area (Å²) in [4.78, 5) is 13.7. The molecular formula is C16H18N4OS. The van der Waals surface area contributed by atoms with Crippen LogP contribution in [0.25, 0.3) is 11.0 Å². The summed E-state index contributed by atoms with van der Waals surface area (Å²) in [5.41, 5.74) is 2.27. The van der Waals surface area contributed by atoms with Crippen LogP contribution < -0.4 is 5.32 Å². The van der Waals surface area contributed by atoms with Crippen LogP contribution in [0.15, 0.2) is 35.7 Å². The molecule has 3 aromatic rings. The Balaban J connectivity index is 1.82. The Labute approximate surface area is 133 Å². The number of aryl methyl sites for hydroxylation is 1.